The summed E-state index contributed by atoms with van der Waals surface area (Å²) in [6, 6.07) is 14.7. The van der Waals surface area contributed by atoms with Crippen LogP contribution in [0.2, 0.25) is 0 Å². The van der Waals surface area contributed by atoms with Crippen LogP contribution in [0.1, 0.15) is 47.3 Å². The van der Waals surface area contributed by atoms with Gasteiger partial charge < -0.3 is 10.6 Å². The van der Waals surface area contributed by atoms with Gasteiger partial charge in [-0.3, -0.25) is 19.6 Å². The van der Waals surface area contributed by atoms with E-state index in [1.165, 1.54) is 11.3 Å². The number of nitrogens with one attached hydrogen (secondary N) is 2. The molecule has 4 aromatic heterocycles. The van der Waals surface area contributed by atoms with Crippen molar-refractivity contribution < 1.29 is 9.59 Å². The van der Waals surface area contributed by atoms with Gasteiger partial charge in [-0.1, -0.05) is 23.5 Å². The van der Waals surface area contributed by atoms with Crippen molar-refractivity contribution in [3.63, 3.8) is 0 Å². The van der Waals surface area contributed by atoms with E-state index < -0.39 is 0 Å². The lowest BCUT2D eigenvalue weighted by atomic mass is 10.00. The zero-order chi connectivity index (χ0) is 25.5. The van der Waals surface area contributed by atoms with Crippen LogP contribution in [0.4, 0.5) is 10.9 Å². The number of amides is 2. The molecule has 2 atom stereocenters. The number of anilines is 2. The molecule has 0 aromatic carbocycles. The minimum Gasteiger partial charge on any atom is -0.309 e. The van der Waals surface area contributed by atoms with Gasteiger partial charge in [-0.25, -0.2) is 0 Å². The van der Waals surface area contributed by atoms with Crippen molar-refractivity contribution in [3.8, 4) is 0 Å². The summed E-state index contributed by atoms with van der Waals surface area (Å²) in [5.74, 6) is 0.891. The van der Waals surface area contributed by atoms with Crippen molar-refractivity contribution in [2.75, 3.05) is 10.6 Å². The number of pyridine rings is 2. The van der Waals surface area contributed by atoms with Crippen LogP contribution in [-0.4, -0.2) is 42.2 Å². The Morgan fingerprint density at radius 1 is 0.784 bits per heavy atom. The summed E-state index contributed by atoms with van der Waals surface area (Å²) >= 11 is 1.44. The third-order valence-corrected chi connectivity index (χ3v) is 7.20. The van der Waals surface area contributed by atoms with Crippen LogP contribution in [0.5, 0.6) is 0 Å². The Morgan fingerprint density at radius 2 is 1.51 bits per heavy atom. The molecule has 1 fully saturated rings. The van der Waals surface area contributed by atoms with Gasteiger partial charge in [0.2, 0.25) is 16.9 Å². The van der Waals surface area contributed by atoms with Gasteiger partial charge >= 0.3 is 0 Å². The number of carbonyl (C=O) groups is 2. The predicted molar refractivity (Wildman–Crippen MR) is 139 cm³/mol. The summed E-state index contributed by atoms with van der Waals surface area (Å²) in [5, 5.41) is 24.1. The quantitative estimate of drug-likeness (QED) is 0.346. The molecule has 0 aliphatic heterocycles. The Hall–Kier alpha value is -4.12. The zero-order valence-electron chi connectivity index (χ0n) is 20.1. The highest BCUT2D eigenvalue weighted by Gasteiger charge is 2.29. The molecule has 2 amide bonds. The molecule has 4 aromatic rings. The first-order valence-electron chi connectivity index (χ1n) is 12.2. The highest BCUT2D eigenvalue weighted by molar-refractivity contribution is 7.15. The first kappa shape index (κ1) is 24.6. The lowest BCUT2D eigenvalue weighted by molar-refractivity contribution is -0.116. The summed E-state index contributed by atoms with van der Waals surface area (Å²) in [4.78, 5) is 32.8. The number of hydrogen-bond acceptors (Lipinski definition) is 9. The number of aromatic nitrogens is 6. The molecule has 0 unspecified atom stereocenters. The van der Waals surface area contributed by atoms with E-state index in [0.29, 0.717) is 34.2 Å². The van der Waals surface area contributed by atoms with E-state index in [0.717, 1.165) is 36.4 Å². The van der Waals surface area contributed by atoms with Crippen molar-refractivity contribution in [2.45, 2.75) is 44.4 Å². The monoisotopic (exact) mass is 514 g/mol. The largest absolute Gasteiger partial charge is 0.309 e. The maximum absolute atomic E-state index is 12.3. The number of nitrogens with zero attached hydrogens (tertiary/aromatic N) is 6. The first-order chi connectivity index (χ1) is 18.1. The molecule has 0 bridgehead atoms. The highest BCUT2D eigenvalue weighted by atomic mass is 32.1. The molecule has 5 rings (SSSR count). The molecule has 1 aliphatic carbocycles. The first-order valence-corrected chi connectivity index (χ1v) is 13.0. The molecule has 188 valence electrons. The molecule has 11 heteroatoms. The van der Waals surface area contributed by atoms with Gasteiger partial charge in [0.1, 0.15) is 5.01 Å². The second kappa shape index (κ2) is 11.7. The average molecular weight is 515 g/mol. The van der Waals surface area contributed by atoms with Gasteiger partial charge in [-0.2, -0.15) is 5.10 Å². The highest BCUT2D eigenvalue weighted by Crippen LogP contribution is 2.41. The van der Waals surface area contributed by atoms with Gasteiger partial charge in [0.25, 0.3) is 0 Å². The Kier molecular flexibility index (Phi) is 7.80. The van der Waals surface area contributed by atoms with E-state index in [-0.39, 0.29) is 24.7 Å². The van der Waals surface area contributed by atoms with Gasteiger partial charge in [-0.05, 0) is 68.0 Å². The zero-order valence-corrected chi connectivity index (χ0v) is 20.9. The van der Waals surface area contributed by atoms with E-state index in [9.17, 15) is 9.59 Å². The average Bonchev–Trinajstić information content (AvgIpc) is 3.56. The van der Waals surface area contributed by atoms with Gasteiger partial charge in [-0.15, -0.1) is 15.3 Å². The fraction of sp³-hybridized carbons (Fsp3) is 0.308. The van der Waals surface area contributed by atoms with Crippen LogP contribution < -0.4 is 10.6 Å². The molecule has 1 saturated carbocycles. The Morgan fingerprint density at radius 3 is 2.16 bits per heavy atom. The second-order valence-electron chi connectivity index (χ2n) is 9.03. The molecule has 37 heavy (non-hydrogen) atoms. The van der Waals surface area contributed by atoms with Crippen molar-refractivity contribution in [3.05, 3.63) is 83.0 Å². The molecule has 0 spiro atoms. The van der Waals surface area contributed by atoms with Crippen LogP contribution >= 0.6 is 11.3 Å². The molecule has 0 saturated heterocycles. The molecule has 10 nitrogen and oxygen atoms in total. The second-order valence-corrected chi connectivity index (χ2v) is 10.0. The van der Waals surface area contributed by atoms with E-state index in [1.807, 2.05) is 42.5 Å². The normalized spacial score (nSPS) is 16.9. The molecule has 0 radical (unpaired) electrons. The third-order valence-electron chi connectivity index (χ3n) is 6.20. The molecule has 2 N–H and O–H groups in total. The van der Waals surface area contributed by atoms with Crippen molar-refractivity contribution in [2.24, 2.45) is 5.92 Å². The number of carbonyl (C=O) groups excluding carboxylic acids is 2. The summed E-state index contributed by atoms with van der Waals surface area (Å²) in [6.07, 6.45) is 7.62. The van der Waals surface area contributed by atoms with Crippen LogP contribution in [0, 0.1) is 5.92 Å². The predicted octanol–water partition coefficient (Wildman–Crippen LogP) is 3.61. The van der Waals surface area contributed by atoms with Crippen LogP contribution in [0.3, 0.4) is 0 Å². The van der Waals surface area contributed by atoms with Gasteiger partial charge in [0, 0.05) is 29.7 Å². The molecular formula is C26H26N8O2S. The lowest BCUT2D eigenvalue weighted by Gasteiger charge is -2.09. The van der Waals surface area contributed by atoms with Crippen LogP contribution in [-0.2, 0) is 28.9 Å². The van der Waals surface area contributed by atoms with Crippen molar-refractivity contribution in [1.82, 2.24) is 30.4 Å². The van der Waals surface area contributed by atoms with Crippen molar-refractivity contribution in [1.29, 1.82) is 0 Å². The number of rotatable bonds is 9. The Balaban J connectivity index is 1.08. The van der Waals surface area contributed by atoms with Crippen LogP contribution in [0.25, 0.3) is 0 Å². The number of hydrogen-bond donors (Lipinski definition) is 2. The van der Waals surface area contributed by atoms with Crippen molar-refractivity contribution >= 4 is 34.1 Å². The van der Waals surface area contributed by atoms with E-state index in [4.69, 9.17) is 0 Å². The summed E-state index contributed by atoms with van der Waals surface area (Å²) in [7, 11) is 0. The van der Waals surface area contributed by atoms with E-state index >= 15 is 0 Å². The molecule has 4 heterocycles. The van der Waals surface area contributed by atoms with E-state index in [2.05, 4.69) is 41.0 Å². The Labute approximate surface area is 218 Å². The minimum absolute atomic E-state index is 0.152. The Bertz CT molecular complexity index is 1330. The fourth-order valence-corrected chi connectivity index (χ4v) is 5.36. The SMILES string of the molecule is O=C(Cc1ccccn1)Nc1ccc(C[C@H]2CC[C@@H](c3nnc(NC(=O)Cc4ccccn4)s3)C2)nn1. The van der Waals surface area contributed by atoms with Gasteiger partial charge in [0.05, 0.1) is 18.5 Å². The van der Waals surface area contributed by atoms with E-state index in [1.54, 1.807) is 18.5 Å². The summed E-state index contributed by atoms with van der Waals surface area (Å²) < 4.78 is 0. The molecular weight excluding hydrogens is 488 g/mol. The maximum atomic E-state index is 12.3. The third kappa shape index (κ3) is 6.98. The maximum Gasteiger partial charge on any atom is 0.232 e. The minimum atomic E-state index is -0.177. The lowest BCUT2D eigenvalue weighted by Crippen LogP contribution is -2.16. The summed E-state index contributed by atoms with van der Waals surface area (Å²) in [5.41, 5.74) is 2.31. The topological polar surface area (TPSA) is 136 Å². The van der Waals surface area contributed by atoms with Gasteiger partial charge in [0.15, 0.2) is 5.82 Å². The summed E-state index contributed by atoms with van der Waals surface area (Å²) in [6.45, 7) is 0. The molecule has 1 aliphatic rings. The van der Waals surface area contributed by atoms with Crippen LogP contribution in [0.15, 0.2) is 60.9 Å². The standard InChI is InChI=1S/C26H26N8O2S/c35-23(15-19-5-1-3-11-27-19)29-22-10-9-21(31-32-22)14-17-7-8-18(13-17)25-33-34-26(37-25)30-24(36)16-20-6-2-4-12-28-20/h1-6,9-12,17-18H,7-8,13-16H2,(H,29,32,35)(H,30,34,36)/t17-,18+/m0/s1. The smallest absolute Gasteiger partial charge is 0.232 e. The fourth-order valence-electron chi connectivity index (χ4n) is 4.45.